The molecule has 0 aliphatic heterocycles. The maximum Gasteiger partial charge on any atom is 0.00939 e. The first-order valence-corrected chi connectivity index (χ1v) is 6.47. The molecule has 0 saturated heterocycles. The van der Waals surface area contributed by atoms with Crippen LogP contribution in [0.3, 0.4) is 0 Å². The largest absolute Gasteiger partial charge is 0.158 e. The van der Waals surface area contributed by atoms with Gasteiger partial charge < -0.3 is 0 Å². The van der Waals surface area contributed by atoms with Gasteiger partial charge in [-0.15, -0.1) is 12.3 Å². The second kappa shape index (κ2) is 7.43. The Kier molecular flexibility index (Phi) is 6.04. The van der Waals surface area contributed by atoms with Gasteiger partial charge in [-0.3, -0.25) is 0 Å². The van der Waals surface area contributed by atoms with Crippen molar-refractivity contribution in [3.05, 3.63) is 35.9 Å². The van der Waals surface area contributed by atoms with Crippen LogP contribution in [0.15, 0.2) is 30.3 Å². The first-order valence-electron chi connectivity index (χ1n) is 5.42. The quantitative estimate of drug-likeness (QED) is 0.517. The average molecular weight is 218 g/mol. The van der Waals surface area contributed by atoms with Gasteiger partial charge in [0.15, 0.2) is 0 Å². The van der Waals surface area contributed by atoms with Gasteiger partial charge in [0.2, 0.25) is 0 Å². The Morgan fingerprint density at radius 3 is 2.73 bits per heavy atom. The van der Waals surface area contributed by atoms with Gasteiger partial charge in [0, 0.05) is 11.7 Å². The third kappa shape index (κ3) is 5.54. The van der Waals surface area contributed by atoms with Gasteiger partial charge in [-0.05, 0) is 24.2 Å². The van der Waals surface area contributed by atoms with Crippen LogP contribution in [-0.2, 0) is 6.42 Å². The zero-order chi connectivity index (χ0) is 10.9. The highest BCUT2D eigenvalue weighted by Gasteiger charge is 2.02. The molecule has 0 spiro atoms. The van der Waals surface area contributed by atoms with Crippen molar-refractivity contribution in [1.29, 1.82) is 0 Å². The molecule has 1 aromatic rings. The van der Waals surface area contributed by atoms with Gasteiger partial charge in [-0.1, -0.05) is 37.3 Å². The lowest BCUT2D eigenvalue weighted by molar-refractivity contribution is 0.928. The second-order valence-electron chi connectivity index (χ2n) is 3.68. The van der Waals surface area contributed by atoms with E-state index in [-0.39, 0.29) is 0 Å². The second-order valence-corrected chi connectivity index (χ2v) is 5.23. The Morgan fingerprint density at radius 1 is 1.33 bits per heavy atom. The Labute approximate surface area is 97.5 Å². The molecule has 0 amide bonds. The number of unbranched alkanes of at least 4 members (excludes halogenated alkanes) is 1. The van der Waals surface area contributed by atoms with E-state index in [1.807, 2.05) is 11.8 Å². The van der Waals surface area contributed by atoms with Crippen LogP contribution in [0.25, 0.3) is 0 Å². The highest BCUT2D eigenvalue weighted by molar-refractivity contribution is 7.99. The Bertz CT molecular complexity index is 297. The first-order chi connectivity index (χ1) is 7.33. The summed E-state index contributed by atoms with van der Waals surface area (Å²) < 4.78 is 0. The summed E-state index contributed by atoms with van der Waals surface area (Å²) in [5, 5.41) is 0.685. The molecule has 0 aromatic heterocycles. The van der Waals surface area contributed by atoms with E-state index in [4.69, 9.17) is 6.42 Å². The molecule has 1 atom stereocenters. The summed E-state index contributed by atoms with van der Waals surface area (Å²) in [6.45, 7) is 2.29. The fourth-order valence-corrected chi connectivity index (χ4v) is 2.49. The molecule has 80 valence electrons. The van der Waals surface area contributed by atoms with Crippen LogP contribution in [0.1, 0.15) is 25.3 Å². The first kappa shape index (κ1) is 12.2. The molecule has 0 bridgehead atoms. The summed E-state index contributed by atoms with van der Waals surface area (Å²) in [5.74, 6) is 3.86. The summed E-state index contributed by atoms with van der Waals surface area (Å²) in [7, 11) is 0. The summed E-state index contributed by atoms with van der Waals surface area (Å²) in [6, 6.07) is 10.7. The molecular formula is C14H18S. The van der Waals surface area contributed by atoms with Gasteiger partial charge in [-0.25, -0.2) is 0 Å². The minimum absolute atomic E-state index is 0.685. The predicted octanol–water partition coefficient (Wildman–Crippen LogP) is 3.76. The fraction of sp³-hybridized carbons (Fsp3) is 0.429. The van der Waals surface area contributed by atoms with E-state index < -0.39 is 0 Å². The van der Waals surface area contributed by atoms with E-state index in [1.54, 1.807) is 0 Å². The molecule has 0 aliphatic carbocycles. The Morgan fingerprint density at radius 2 is 2.07 bits per heavy atom. The van der Waals surface area contributed by atoms with Gasteiger partial charge in [0.1, 0.15) is 0 Å². The SMILES string of the molecule is C#CCCCSC(C)Cc1ccccc1. The maximum atomic E-state index is 5.21. The van der Waals surface area contributed by atoms with E-state index in [2.05, 4.69) is 43.2 Å². The summed E-state index contributed by atoms with van der Waals surface area (Å²) in [6.07, 6.45) is 8.41. The van der Waals surface area contributed by atoms with Crippen molar-refractivity contribution in [2.75, 3.05) is 5.75 Å². The minimum atomic E-state index is 0.685. The molecule has 0 fully saturated rings. The minimum Gasteiger partial charge on any atom is -0.158 e. The third-order valence-corrected chi connectivity index (χ3v) is 3.49. The Balaban J connectivity index is 2.19. The van der Waals surface area contributed by atoms with E-state index in [0.717, 1.165) is 19.3 Å². The molecule has 15 heavy (non-hydrogen) atoms. The van der Waals surface area contributed by atoms with Crippen molar-refractivity contribution >= 4 is 11.8 Å². The van der Waals surface area contributed by atoms with Crippen molar-refractivity contribution in [2.24, 2.45) is 0 Å². The lowest BCUT2D eigenvalue weighted by atomic mass is 10.1. The van der Waals surface area contributed by atoms with Crippen LogP contribution in [0, 0.1) is 12.3 Å². The molecule has 0 aliphatic rings. The number of hydrogen-bond donors (Lipinski definition) is 0. The highest BCUT2D eigenvalue weighted by Crippen LogP contribution is 2.17. The Hall–Kier alpha value is -0.870. The van der Waals surface area contributed by atoms with Crippen molar-refractivity contribution in [3.63, 3.8) is 0 Å². The highest BCUT2D eigenvalue weighted by atomic mass is 32.2. The topological polar surface area (TPSA) is 0 Å². The van der Waals surface area contributed by atoms with E-state index in [9.17, 15) is 0 Å². The summed E-state index contributed by atoms with van der Waals surface area (Å²) >= 11 is 2.02. The van der Waals surface area contributed by atoms with Gasteiger partial charge >= 0.3 is 0 Å². The number of rotatable bonds is 6. The van der Waals surface area contributed by atoms with Crippen molar-refractivity contribution < 1.29 is 0 Å². The van der Waals surface area contributed by atoms with Gasteiger partial charge in [0.05, 0.1) is 0 Å². The maximum absolute atomic E-state index is 5.21. The number of thioether (sulfide) groups is 1. The van der Waals surface area contributed by atoms with Gasteiger partial charge in [-0.2, -0.15) is 11.8 Å². The zero-order valence-electron chi connectivity index (χ0n) is 9.28. The smallest absolute Gasteiger partial charge is 0.00939 e. The molecule has 0 saturated carbocycles. The number of benzene rings is 1. The standard InChI is InChI=1S/C14H18S/c1-3-4-8-11-15-13(2)12-14-9-6-5-7-10-14/h1,5-7,9-10,13H,4,8,11-12H2,2H3. The molecule has 1 unspecified atom stereocenters. The van der Waals surface area contributed by atoms with E-state index in [0.29, 0.717) is 5.25 Å². The van der Waals surface area contributed by atoms with Crippen molar-refractivity contribution in [1.82, 2.24) is 0 Å². The van der Waals surface area contributed by atoms with Crippen LogP contribution >= 0.6 is 11.8 Å². The van der Waals surface area contributed by atoms with Crippen LogP contribution < -0.4 is 0 Å². The van der Waals surface area contributed by atoms with Crippen LogP contribution in [0.5, 0.6) is 0 Å². The van der Waals surface area contributed by atoms with E-state index in [1.165, 1.54) is 11.3 Å². The molecule has 1 rings (SSSR count). The van der Waals surface area contributed by atoms with Gasteiger partial charge in [0.25, 0.3) is 0 Å². The zero-order valence-corrected chi connectivity index (χ0v) is 10.1. The normalized spacial score (nSPS) is 12.0. The van der Waals surface area contributed by atoms with Crippen LogP contribution in [0.4, 0.5) is 0 Å². The average Bonchev–Trinajstić information content (AvgIpc) is 2.26. The summed E-state index contributed by atoms with van der Waals surface area (Å²) in [5.41, 5.74) is 1.43. The lowest BCUT2D eigenvalue weighted by Crippen LogP contribution is -2.02. The lowest BCUT2D eigenvalue weighted by Gasteiger charge is -2.10. The molecule has 1 aromatic carbocycles. The predicted molar refractivity (Wildman–Crippen MR) is 70.1 cm³/mol. The molecule has 0 N–H and O–H groups in total. The molecular weight excluding hydrogens is 200 g/mol. The van der Waals surface area contributed by atoms with Crippen LogP contribution in [-0.4, -0.2) is 11.0 Å². The monoisotopic (exact) mass is 218 g/mol. The number of hydrogen-bond acceptors (Lipinski definition) is 1. The van der Waals surface area contributed by atoms with Crippen molar-refractivity contribution in [3.8, 4) is 12.3 Å². The third-order valence-electron chi connectivity index (χ3n) is 2.23. The molecule has 0 nitrogen and oxygen atoms in total. The summed E-state index contributed by atoms with van der Waals surface area (Å²) in [4.78, 5) is 0. The molecule has 0 heterocycles. The molecule has 1 heteroatoms. The van der Waals surface area contributed by atoms with Crippen molar-refractivity contribution in [2.45, 2.75) is 31.4 Å². The molecule has 0 radical (unpaired) electrons. The van der Waals surface area contributed by atoms with Crippen LogP contribution in [0.2, 0.25) is 0 Å². The fourth-order valence-electron chi connectivity index (χ4n) is 1.46. The number of terminal acetylenes is 1. The van der Waals surface area contributed by atoms with E-state index >= 15 is 0 Å².